The lowest BCUT2D eigenvalue weighted by Crippen LogP contribution is -2.15. The Morgan fingerprint density at radius 1 is 1.53 bits per heavy atom. The molecule has 5 nitrogen and oxygen atoms in total. The zero-order valence-corrected chi connectivity index (χ0v) is 11.1. The van der Waals surface area contributed by atoms with Crippen molar-refractivity contribution in [1.29, 1.82) is 0 Å². The first-order chi connectivity index (χ1) is 9.15. The average Bonchev–Trinajstić information content (AvgIpc) is 2.64. The molecule has 2 heterocycles. The fraction of sp³-hybridized carbons (Fsp3) is 0.231. The monoisotopic (exact) mass is 275 g/mol. The van der Waals surface area contributed by atoms with Gasteiger partial charge in [0.1, 0.15) is 11.6 Å². The van der Waals surface area contributed by atoms with Crippen LogP contribution >= 0.6 is 11.8 Å². The molecular weight excluding hydrogens is 262 g/mol. The number of thioether (sulfide) groups is 1. The van der Waals surface area contributed by atoms with Gasteiger partial charge in [-0.3, -0.25) is 9.48 Å². The summed E-state index contributed by atoms with van der Waals surface area (Å²) in [5.41, 5.74) is 1.93. The van der Waals surface area contributed by atoms with Crippen LogP contribution in [-0.2, 0) is 11.8 Å². The first-order valence-corrected chi connectivity index (χ1v) is 6.92. The van der Waals surface area contributed by atoms with E-state index >= 15 is 0 Å². The van der Waals surface area contributed by atoms with E-state index in [2.05, 4.69) is 10.4 Å². The minimum Gasteiger partial charge on any atom is -0.508 e. The maximum Gasteiger partial charge on any atom is 0.235 e. The quantitative estimate of drug-likeness (QED) is 0.834. The third-order valence-electron chi connectivity index (χ3n) is 3.06. The van der Waals surface area contributed by atoms with E-state index in [0.717, 1.165) is 16.9 Å². The highest BCUT2D eigenvalue weighted by atomic mass is 32.2. The number of rotatable bonds is 1. The predicted octanol–water partition coefficient (Wildman–Crippen LogP) is 1.90. The van der Waals surface area contributed by atoms with Gasteiger partial charge in [0.2, 0.25) is 5.91 Å². The molecule has 2 aromatic rings. The summed E-state index contributed by atoms with van der Waals surface area (Å²) in [5.74, 6) is 1.31. The number of carbonyl (C=O) groups is 1. The number of nitrogens with zero attached hydrogens (tertiary/aromatic N) is 2. The van der Waals surface area contributed by atoms with E-state index in [0.29, 0.717) is 5.75 Å². The van der Waals surface area contributed by atoms with Gasteiger partial charge in [-0.05, 0) is 17.7 Å². The van der Waals surface area contributed by atoms with Crippen molar-refractivity contribution < 1.29 is 9.90 Å². The van der Waals surface area contributed by atoms with Crippen molar-refractivity contribution in [3.8, 4) is 5.75 Å². The summed E-state index contributed by atoms with van der Waals surface area (Å²) in [6.45, 7) is 0. The molecule has 2 N–H and O–H groups in total. The zero-order chi connectivity index (χ0) is 13.4. The SMILES string of the molecule is Cn1ncc2c1NC(=O)CS[C@@H]2c1cccc(O)c1. The Hall–Kier alpha value is -1.95. The zero-order valence-electron chi connectivity index (χ0n) is 10.3. The fourth-order valence-corrected chi connectivity index (χ4v) is 3.26. The molecule has 3 rings (SSSR count). The highest BCUT2D eigenvalue weighted by Crippen LogP contribution is 2.41. The number of hydrogen-bond acceptors (Lipinski definition) is 4. The number of nitrogens with one attached hydrogen (secondary N) is 1. The molecule has 1 aliphatic rings. The van der Waals surface area contributed by atoms with Gasteiger partial charge >= 0.3 is 0 Å². The van der Waals surface area contributed by atoms with Crippen LogP contribution in [0.1, 0.15) is 16.4 Å². The summed E-state index contributed by atoms with van der Waals surface area (Å²) >= 11 is 1.53. The number of amides is 1. The lowest BCUT2D eigenvalue weighted by atomic mass is 10.1. The summed E-state index contributed by atoms with van der Waals surface area (Å²) in [5, 5.41) is 16.7. The van der Waals surface area contributed by atoms with Crippen LogP contribution in [0.4, 0.5) is 5.82 Å². The van der Waals surface area contributed by atoms with E-state index in [1.165, 1.54) is 11.8 Å². The third-order valence-corrected chi connectivity index (χ3v) is 4.35. The van der Waals surface area contributed by atoms with Crippen LogP contribution in [0, 0.1) is 0 Å². The predicted molar refractivity (Wildman–Crippen MR) is 74.2 cm³/mol. The van der Waals surface area contributed by atoms with Crippen LogP contribution in [-0.4, -0.2) is 26.5 Å². The molecule has 1 amide bonds. The maximum atomic E-state index is 11.7. The summed E-state index contributed by atoms with van der Waals surface area (Å²) in [6.07, 6.45) is 1.77. The molecule has 0 saturated carbocycles. The van der Waals surface area contributed by atoms with E-state index in [9.17, 15) is 9.90 Å². The Balaban J connectivity index is 2.09. The van der Waals surface area contributed by atoms with Crippen LogP contribution in [0.25, 0.3) is 0 Å². The van der Waals surface area contributed by atoms with Crippen molar-refractivity contribution in [3.05, 3.63) is 41.6 Å². The highest BCUT2D eigenvalue weighted by molar-refractivity contribution is 8.00. The number of benzene rings is 1. The second-order valence-electron chi connectivity index (χ2n) is 4.41. The highest BCUT2D eigenvalue weighted by Gasteiger charge is 2.26. The fourth-order valence-electron chi connectivity index (χ4n) is 2.18. The smallest absolute Gasteiger partial charge is 0.235 e. The number of aromatic hydroxyl groups is 1. The van der Waals surface area contributed by atoms with E-state index < -0.39 is 0 Å². The van der Waals surface area contributed by atoms with Gasteiger partial charge in [-0.25, -0.2) is 0 Å². The molecule has 1 aromatic carbocycles. The summed E-state index contributed by atoms with van der Waals surface area (Å²) in [7, 11) is 1.80. The number of anilines is 1. The van der Waals surface area contributed by atoms with Crippen LogP contribution in [0.3, 0.4) is 0 Å². The standard InChI is InChI=1S/C13H13N3O2S/c1-16-13-10(6-14-16)12(19-7-11(18)15-13)8-3-2-4-9(17)5-8/h2-6,12,17H,7H2,1H3,(H,15,18)/t12-/m1/s1. The van der Waals surface area contributed by atoms with E-state index in [4.69, 9.17) is 0 Å². The van der Waals surface area contributed by atoms with Crippen molar-refractivity contribution in [2.75, 3.05) is 11.1 Å². The molecule has 0 spiro atoms. The second kappa shape index (κ2) is 4.62. The molecule has 98 valence electrons. The summed E-state index contributed by atoms with van der Waals surface area (Å²) < 4.78 is 1.66. The van der Waals surface area contributed by atoms with Gasteiger partial charge < -0.3 is 10.4 Å². The van der Waals surface area contributed by atoms with Crippen molar-refractivity contribution in [2.45, 2.75) is 5.25 Å². The maximum absolute atomic E-state index is 11.7. The van der Waals surface area contributed by atoms with Gasteiger partial charge in [0.25, 0.3) is 0 Å². The van der Waals surface area contributed by atoms with Crippen LogP contribution < -0.4 is 5.32 Å². The number of hydrogen-bond donors (Lipinski definition) is 2. The Bertz CT molecular complexity index is 639. The van der Waals surface area contributed by atoms with E-state index in [1.807, 2.05) is 6.07 Å². The Kier molecular flexibility index (Phi) is 2.94. The minimum atomic E-state index is -0.0301. The van der Waals surface area contributed by atoms with Gasteiger partial charge in [-0.15, -0.1) is 11.8 Å². The normalized spacial score (nSPS) is 18.6. The Morgan fingerprint density at radius 2 is 2.37 bits per heavy atom. The molecule has 0 fully saturated rings. The third kappa shape index (κ3) is 2.19. The van der Waals surface area contributed by atoms with Crippen molar-refractivity contribution in [3.63, 3.8) is 0 Å². The number of phenols is 1. The lowest BCUT2D eigenvalue weighted by molar-refractivity contribution is -0.113. The van der Waals surface area contributed by atoms with Crippen molar-refractivity contribution >= 4 is 23.5 Å². The lowest BCUT2D eigenvalue weighted by Gasteiger charge is -2.14. The molecule has 0 aliphatic carbocycles. The molecule has 0 radical (unpaired) electrons. The molecular formula is C13H13N3O2S. The van der Waals surface area contributed by atoms with Crippen molar-refractivity contribution in [1.82, 2.24) is 9.78 Å². The molecule has 1 aliphatic heterocycles. The number of aryl methyl sites for hydroxylation is 1. The summed E-state index contributed by atoms with van der Waals surface area (Å²) in [4.78, 5) is 11.7. The molecule has 6 heteroatoms. The molecule has 0 unspecified atom stereocenters. The van der Waals surface area contributed by atoms with Gasteiger partial charge in [0, 0.05) is 12.6 Å². The number of phenolic OH excluding ortho intramolecular Hbond substituents is 1. The number of fused-ring (bicyclic) bond motifs is 1. The topological polar surface area (TPSA) is 67.2 Å². The van der Waals surface area contributed by atoms with Crippen LogP contribution in [0.5, 0.6) is 5.75 Å². The van der Waals surface area contributed by atoms with Crippen LogP contribution in [0.15, 0.2) is 30.5 Å². The first kappa shape index (κ1) is 12.1. The van der Waals surface area contributed by atoms with Gasteiger partial charge in [0.15, 0.2) is 0 Å². The van der Waals surface area contributed by atoms with Crippen molar-refractivity contribution in [2.24, 2.45) is 7.05 Å². The van der Waals surface area contributed by atoms with E-state index in [1.54, 1.807) is 36.1 Å². The molecule has 1 aromatic heterocycles. The van der Waals surface area contributed by atoms with Gasteiger partial charge in [0.05, 0.1) is 17.2 Å². The second-order valence-corrected chi connectivity index (χ2v) is 5.50. The van der Waals surface area contributed by atoms with Crippen LogP contribution in [0.2, 0.25) is 0 Å². The average molecular weight is 275 g/mol. The molecule has 19 heavy (non-hydrogen) atoms. The minimum absolute atomic E-state index is 0.00486. The number of aromatic nitrogens is 2. The Morgan fingerprint density at radius 3 is 3.16 bits per heavy atom. The molecule has 0 bridgehead atoms. The molecule has 0 saturated heterocycles. The Labute approximate surface area is 114 Å². The van der Waals surface area contributed by atoms with Gasteiger partial charge in [-0.1, -0.05) is 12.1 Å². The summed E-state index contributed by atoms with van der Waals surface area (Å²) in [6, 6.07) is 7.12. The van der Waals surface area contributed by atoms with Gasteiger partial charge in [-0.2, -0.15) is 5.10 Å². The number of carbonyl (C=O) groups excluding carboxylic acids is 1. The largest absolute Gasteiger partial charge is 0.508 e. The van der Waals surface area contributed by atoms with E-state index in [-0.39, 0.29) is 16.9 Å². The first-order valence-electron chi connectivity index (χ1n) is 5.87. The molecule has 1 atom stereocenters.